The van der Waals surface area contributed by atoms with Crippen LogP contribution in [0.15, 0.2) is 33.9 Å². The maximum absolute atomic E-state index is 5.25. The van der Waals surface area contributed by atoms with Crippen LogP contribution in [0.2, 0.25) is 0 Å². The molecular weight excluding hydrogens is 304 g/mol. The lowest BCUT2D eigenvalue weighted by Crippen LogP contribution is -2.38. The Morgan fingerprint density at radius 3 is 2.88 bits per heavy atom. The number of unbranched alkanes of at least 4 members (excludes halogenated alkanes) is 2. The lowest BCUT2D eigenvalue weighted by atomic mass is 10.2. The fourth-order valence-corrected chi connectivity index (χ4v) is 2.14. The van der Waals surface area contributed by atoms with Crippen molar-refractivity contribution in [1.29, 1.82) is 0 Å². The highest BCUT2D eigenvalue weighted by Gasteiger charge is 2.09. The number of aliphatic imine (C=N–C) groups is 1. The molecule has 0 spiro atoms. The molecule has 2 N–H and O–H groups in total. The van der Waals surface area contributed by atoms with Gasteiger partial charge in [-0.05, 0) is 25.5 Å². The molecule has 2 heterocycles. The Balaban J connectivity index is 1.80. The topological polar surface area (TPSA) is 88.2 Å². The Hall–Kier alpha value is -2.44. The summed E-state index contributed by atoms with van der Waals surface area (Å²) in [4.78, 5) is 13.1. The van der Waals surface area contributed by atoms with E-state index in [1.807, 2.05) is 18.2 Å². The quantitative estimate of drug-likeness (QED) is 0.417. The van der Waals surface area contributed by atoms with Crippen molar-refractivity contribution in [3.8, 4) is 11.6 Å². The summed E-state index contributed by atoms with van der Waals surface area (Å²) in [6, 6.07) is 5.60. The van der Waals surface area contributed by atoms with Gasteiger partial charge in [-0.2, -0.15) is 4.98 Å². The molecule has 0 radical (unpaired) electrons. The predicted octanol–water partition coefficient (Wildman–Crippen LogP) is 2.42. The van der Waals surface area contributed by atoms with E-state index >= 15 is 0 Å². The molecule has 0 fully saturated rings. The van der Waals surface area contributed by atoms with Crippen LogP contribution < -0.4 is 10.6 Å². The summed E-state index contributed by atoms with van der Waals surface area (Å²) in [6.07, 6.45) is 5.90. The second-order valence-corrected chi connectivity index (χ2v) is 5.38. The molecule has 0 aromatic carbocycles. The van der Waals surface area contributed by atoms with Crippen LogP contribution in [0.1, 0.15) is 38.9 Å². The summed E-state index contributed by atoms with van der Waals surface area (Å²) in [5.41, 5.74) is 0.690. The summed E-state index contributed by atoms with van der Waals surface area (Å²) < 4.78 is 5.25. The zero-order chi connectivity index (χ0) is 17.0. The molecule has 130 valence electrons. The number of hydrogen-bond donors (Lipinski definition) is 2. The molecule has 0 atom stereocenters. The van der Waals surface area contributed by atoms with Crippen LogP contribution in [0.3, 0.4) is 0 Å². The van der Waals surface area contributed by atoms with Gasteiger partial charge in [0.05, 0.1) is 0 Å². The van der Waals surface area contributed by atoms with Gasteiger partial charge < -0.3 is 15.2 Å². The molecule has 2 rings (SSSR count). The lowest BCUT2D eigenvalue weighted by Gasteiger charge is -2.10. The molecule has 0 saturated carbocycles. The number of nitrogens with one attached hydrogen (secondary N) is 2. The minimum absolute atomic E-state index is 0.450. The Morgan fingerprint density at radius 1 is 1.21 bits per heavy atom. The summed E-state index contributed by atoms with van der Waals surface area (Å²) in [6.45, 7) is 6.63. The van der Waals surface area contributed by atoms with E-state index < -0.39 is 0 Å². The molecule has 2 aromatic rings. The van der Waals surface area contributed by atoms with Gasteiger partial charge in [0.2, 0.25) is 0 Å². The van der Waals surface area contributed by atoms with Crippen LogP contribution in [-0.4, -0.2) is 40.7 Å². The number of aromatic nitrogens is 3. The summed E-state index contributed by atoms with van der Waals surface area (Å²) in [7, 11) is 0. The van der Waals surface area contributed by atoms with Crippen molar-refractivity contribution in [2.75, 3.05) is 19.6 Å². The zero-order valence-corrected chi connectivity index (χ0v) is 14.5. The van der Waals surface area contributed by atoms with Crippen molar-refractivity contribution in [1.82, 2.24) is 25.8 Å². The Kier molecular flexibility index (Phi) is 7.73. The van der Waals surface area contributed by atoms with E-state index in [0.29, 0.717) is 30.4 Å². The molecule has 0 unspecified atom stereocenters. The van der Waals surface area contributed by atoms with Gasteiger partial charge >= 0.3 is 0 Å². The third kappa shape index (κ3) is 5.98. The predicted molar refractivity (Wildman–Crippen MR) is 94.7 cm³/mol. The molecule has 0 aliphatic heterocycles. The van der Waals surface area contributed by atoms with E-state index in [2.05, 4.69) is 44.6 Å². The van der Waals surface area contributed by atoms with Crippen molar-refractivity contribution in [2.24, 2.45) is 4.99 Å². The summed E-state index contributed by atoms with van der Waals surface area (Å²) in [5.74, 6) is 1.94. The molecule has 7 nitrogen and oxygen atoms in total. The van der Waals surface area contributed by atoms with Crippen LogP contribution in [0.4, 0.5) is 0 Å². The lowest BCUT2D eigenvalue weighted by molar-refractivity contribution is 0.421. The van der Waals surface area contributed by atoms with Crippen LogP contribution in [0.5, 0.6) is 0 Å². The number of pyridine rings is 1. The Morgan fingerprint density at radius 2 is 2.12 bits per heavy atom. The molecule has 2 aromatic heterocycles. The first kappa shape index (κ1) is 17.9. The average Bonchev–Trinajstić information content (AvgIpc) is 3.08. The maximum atomic E-state index is 5.25. The normalized spacial score (nSPS) is 11.5. The molecule has 0 amide bonds. The third-order valence-electron chi connectivity index (χ3n) is 3.37. The van der Waals surface area contributed by atoms with Crippen LogP contribution in [0, 0.1) is 0 Å². The fourth-order valence-electron chi connectivity index (χ4n) is 2.14. The first-order valence-electron chi connectivity index (χ1n) is 8.59. The van der Waals surface area contributed by atoms with E-state index in [0.717, 1.165) is 25.5 Å². The molecular formula is C17H26N6O. The smallest absolute Gasteiger partial charge is 0.276 e. The van der Waals surface area contributed by atoms with E-state index in [1.165, 1.54) is 12.8 Å². The van der Waals surface area contributed by atoms with Crippen molar-refractivity contribution in [3.63, 3.8) is 0 Å². The largest absolute Gasteiger partial charge is 0.357 e. The second-order valence-electron chi connectivity index (χ2n) is 5.38. The van der Waals surface area contributed by atoms with E-state index in [1.54, 1.807) is 6.20 Å². The SMILES string of the molecule is CCCCCN=C(NCC)NCCc1noc(-c2ccccn2)n1. The van der Waals surface area contributed by atoms with Gasteiger partial charge in [-0.15, -0.1) is 0 Å². The van der Waals surface area contributed by atoms with Gasteiger partial charge in [0.25, 0.3) is 5.89 Å². The monoisotopic (exact) mass is 330 g/mol. The van der Waals surface area contributed by atoms with Crippen LogP contribution >= 0.6 is 0 Å². The van der Waals surface area contributed by atoms with Crippen molar-refractivity contribution in [2.45, 2.75) is 39.5 Å². The molecule has 0 bridgehead atoms. The highest BCUT2D eigenvalue weighted by Crippen LogP contribution is 2.12. The van der Waals surface area contributed by atoms with Crippen molar-refractivity contribution < 1.29 is 4.52 Å². The minimum Gasteiger partial charge on any atom is -0.357 e. The Labute approximate surface area is 143 Å². The molecule has 7 heteroatoms. The van der Waals surface area contributed by atoms with Gasteiger partial charge in [0.15, 0.2) is 11.8 Å². The number of rotatable bonds is 9. The fraction of sp³-hybridized carbons (Fsp3) is 0.529. The standard InChI is InChI=1S/C17H26N6O/c1-3-5-7-12-20-17(18-4-2)21-13-10-15-22-16(24-23-15)14-9-6-8-11-19-14/h6,8-9,11H,3-5,7,10,12-13H2,1-2H3,(H2,18,20,21). The average molecular weight is 330 g/mol. The second kappa shape index (κ2) is 10.4. The van der Waals surface area contributed by atoms with E-state index in [9.17, 15) is 0 Å². The molecule has 24 heavy (non-hydrogen) atoms. The van der Waals surface area contributed by atoms with E-state index in [4.69, 9.17) is 4.52 Å². The van der Waals surface area contributed by atoms with E-state index in [-0.39, 0.29) is 0 Å². The van der Waals surface area contributed by atoms with Gasteiger partial charge in [0.1, 0.15) is 5.69 Å². The van der Waals surface area contributed by atoms with Gasteiger partial charge in [-0.3, -0.25) is 9.98 Å². The van der Waals surface area contributed by atoms with Crippen molar-refractivity contribution in [3.05, 3.63) is 30.2 Å². The number of nitrogens with zero attached hydrogens (tertiary/aromatic N) is 4. The first-order chi connectivity index (χ1) is 11.8. The highest BCUT2D eigenvalue weighted by atomic mass is 16.5. The van der Waals surface area contributed by atoms with Crippen molar-refractivity contribution >= 4 is 5.96 Å². The Bertz CT molecular complexity index is 611. The van der Waals surface area contributed by atoms with Gasteiger partial charge in [-0.25, -0.2) is 0 Å². The minimum atomic E-state index is 0.450. The highest BCUT2D eigenvalue weighted by molar-refractivity contribution is 5.79. The zero-order valence-electron chi connectivity index (χ0n) is 14.5. The summed E-state index contributed by atoms with van der Waals surface area (Å²) in [5, 5.41) is 10.5. The van der Waals surface area contributed by atoms with Crippen LogP contribution in [-0.2, 0) is 6.42 Å². The summed E-state index contributed by atoms with van der Waals surface area (Å²) >= 11 is 0. The first-order valence-corrected chi connectivity index (χ1v) is 8.59. The third-order valence-corrected chi connectivity index (χ3v) is 3.37. The molecule has 0 aliphatic carbocycles. The van der Waals surface area contributed by atoms with Gasteiger partial charge in [0, 0.05) is 32.3 Å². The maximum Gasteiger partial charge on any atom is 0.276 e. The number of guanidine groups is 1. The van der Waals surface area contributed by atoms with Gasteiger partial charge in [-0.1, -0.05) is 31.0 Å². The molecule has 0 saturated heterocycles. The van der Waals surface area contributed by atoms with Crippen LogP contribution in [0.25, 0.3) is 11.6 Å². The number of hydrogen-bond acceptors (Lipinski definition) is 5. The molecule has 0 aliphatic rings.